The van der Waals surface area contributed by atoms with Crippen molar-refractivity contribution in [3.05, 3.63) is 50.4 Å². The van der Waals surface area contributed by atoms with Crippen LogP contribution in [0.15, 0.2) is 33.3 Å². The second-order valence-electron chi connectivity index (χ2n) is 3.77. The summed E-state index contributed by atoms with van der Waals surface area (Å²) in [5, 5.41) is 14.4. The third-order valence-electron chi connectivity index (χ3n) is 2.65. The molecule has 0 aliphatic heterocycles. The van der Waals surface area contributed by atoms with Gasteiger partial charge in [-0.3, -0.25) is 4.68 Å². The summed E-state index contributed by atoms with van der Waals surface area (Å²) >= 11 is 6.43. The lowest BCUT2D eigenvalue weighted by Gasteiger charge is -2.14. The van der Waals surface area contributed by atoms with Gasteiger partial charge in [-0.2, -0.15) is 5.10 Å². The van der Waals surface area contributed by atoms with Crippen LogP contribution in [0.25, 0.3) is 0 Å². The van der Waals surface area contributed by atoms with Crippen LogP contribution in [0.1, 0.15) is 24.3 Å². The van der Waals surface area contributed by atoms with Crippen molar-refractivity contribution >= 4 is 31.9 Å². The quantitative estimate of drug-likeness (QED) is 0.886. The van der Waals surface area contributed by atoms with Crippen LogP contribution in [0.5, 0.6) is 0 Å². The molecule has 0 amide bonds. The number of benzene rings is 1. The SMILES string of the molecule is CCn1ncc(Br)c1C(O)c1ccc(Br)c(F)c1. The van der Waals surface area contributed by atoms with Crippen molar-refractivity contribution in [2.24, 2.45) is 0 Å². The number of aryl methyl sites for hydroxylation is 1. The highest BCUT2D eigenvalue weighted by Crippen LogP contribution is 2.30. The van der Waals surface area contributed by atoms with Crippen molar-refractivity contribution in [2.45, 2.75) is 19.6 Å². The zero-order valence-corrected chi connectivity index (χ0v) is 12.7. The lowest BCUT2D eigenvalue weighted by molar-refractivity contribution is 0.206. The smallest absolute Gasteiger partial charge is 0.137 e. The number of rotatable bonds is 3. The number of aliphatic hydroxyl groups excluding tert-OH is 1. The molecule has 0 spiro atoms. The van der Waals surface area contributed by atoms with Crippen LogP contribution in [0.4, 0.5) is 4.39 Å². The summed E-state index contributed by atoms with van der Waals surface area (Å²) < 4.78 is 16.2. The lowest BCUT2D eigenvalue weighted by Crippen LogP contribution is -2.10. The first-order valence-electron chi connectivity index (χ1n) is 5.38. The van der Waals surface area contributed by atoms with Crippen LogP contribution in [0, 0.1) is 5.82 Å². The molecular weight excluding hydrogens is 367 g/mol. The van der Waals surface area contributed by atoms with Crippen molar-refractivity contribution in [2.75, 3.05) is 0 Å². The second-order valence-corrected chi connectivity index (χ2v) is 5.48. The first kappa shape index (κ1) is 13.7. The predicted octanol–water partition coefficient (Wildman–Crippen LogP) is 3.65. The average molecular weight is 378 g/mol. The van der Waals surface area contributed by atoms with Gasteiger partial charge < -0.3 is 5.11 Å². The average Bonchev–Trinajstić information content (AvgIpc) is 2.73. The molecule has 0 bridgehead atoms. The Hall–Kier alpha value is -0.720. The first-order chi connectivity index (χ1) is 8.54. The molecule has 96 valence electrons. The van der Waals surface area contributed by atoms with E-state index in [1.807, 2.05) is 6.92 Å². The predicted molar refractivity (Wildman–Crippen MR) is 73.8 cm³/mol. The normalized spacial score (nSPS) is 12.7. The summed E-state index contributed by atoms with van der Waals surface area (Å²) in [5.41, 5.74) is 1.12. The molecule has 1 aromatic heterocycles. The highest BCUT2D eigenvalue weighted by Gasteiger charge is 2.19. The van der Waals surface area contributed by atoms with Gasteiger partial charge in [-0.25, -0.2) is 4.39 Å². The van der Waals surface area contributed by atoms with Crippen molar-refractivity contribution in [3.8, 4) is 0 Å². The number of halogens is 3. The van der Waals surface area contributed by atoms with Gasteiger partial charge in [-0.05, 0) is 56.5 Å². The number of hydrogen-bond donors (Lipinski definition) is 1. The molecule has 2 rings (SSSR count). The van der Waals surface area contributed by atoms with E-state index in [0.29, 0.717) is 26.7 Å². The van der Waals surface area contributed by atoms with Crippen LogP contribution >= 0.6 is 31.9 Å². The summed E-state index contributed by atoms with van der Waals surface area (Å²) in [5.74, 6) is -0.398. The molecule has 2 aromatic rings. The zero-order valence-electron chi connectivity index (χ0n) is 9.57. The fourth-order valence-electron chi connectivity index (χ4n) is 1.74. The molecule has 0 aliphatic rings. The molecule has 0 aliphatic carbocycles. The summed E-state index contributed by atoms with van der Waals surface area (Å²) in [6.45, 7) is 2.56. The third kappa shape index (κ3) is 2.50. The van der Waals surface area contributed by atoms with Crippen LogP contribution < -0.4 is 0 Å². The van der Waals surface area contributed by atoms with E-state index in [1.54, 1.807) is 23.0 Å². The largest absolute Gasteiger partial charge is 0.382 e. The molecule has 3 nitrogen and oxygen atoms in total. The van der Waals surface area contributed by atoms with Gasteiger partial charge in [-0.15, -0.1) is 0 Å². The van der Waals surface area contributed by atoms with Gasteiger partial charge in [-0.1, -0.05) is 6.07 Å². The van der Waals surface area contributed by atoms with E-state index in [2.05, 4.69) is 37.0 Å². The Labute approximate surface area is 121 Å². The van der Waals surface area contributed by atoms with Gasteiger partial charge in [0.05, 0.1) is 20.8 Å². The van der Waals surface area contributed by atoms with E-state index in [-0.39, 0.29) is 0 Å². The maximum absolute atomic E-state index is 13.5. The van der Waals surface area contributed by atoms with Crippen molar-refractivity contribution in [1.29, 1.82) is 0 Å². The maximum Gasteiger partial charge on any atom is 0.137 e. The summed E-state index contributed by atoms with van der Waals surface area (Å²) in [4.78, 5) is 0. The molecule has 0 fully saturated rings. The minimum absolute atomic E-state index is 0.376. The Bertz CT molecular complexity index is 571. The summed E-state index contributed by atoms with van der Waals surface area (Å²) in [6, 6.07) is 4.57. The molecule has 1 aromatic carbocycles. The topological polar surface area (TPSA) is 38.0 Å². The van der Waals surface area contributed by atoms with Gasteiger partial charge in [0.2, 0.25) is 0 Å². The van der Waals surface area contributed by atoms with Crippen molar-refractivity contribution in [3.63, 3.8) is 0 Å². The number of aromatic nitrogens is 2. The summed E-state index contributed by atoms with van der Waals surface area (Å²) in [6.07, 6.45) is 0.710. The summed E-state index contributed by atoms with van der Waals surface area (Å²) in [7, 11) is 0. The van der Waals surface area contributed by atoms with Crippen LogP contribution in [-0.2, 0) is 6.54 Å². The highest BCUT2D eigenvalue weighted by molar-refractivity contribution is 9.10. The number of hydrogen-bond acceptors (Lipinski definition) is 2. The molecule has 18 heavy (non-hydrogen) atoms. The van der Waals surface area contributed by atoms with E-state index >= 15 is 0 Å². The Morgan fingerprint density at radius 3 is 2.72 bits per heavy atom. The second kappa shape index (κ2) is 5.50. The van der Waals surface area contributed by atoms with Crippen LogP contribution in [0.2, 0.25) is 0 Å². The molecule has 6 heteroatoms. The Balaban J connectivity index is 2.44. The van der Waals surface area contributed by atoms with Crippen LogP contribution in [-0.4, -0.2) is 14.9 Å². The van der Waals surface area contributed by atoms with E-state index in [4.69, 9.17) is 0 Å². The van der Waals surface area contributed by atoms with Gasteiger partial charge in [0.25, 0.3) is 0 Å². The molecule has 1 heterocycles. The molecule has 1 N–H and O–H groups in total. The minimum atomic E-state index is -0.913. The molecule has 0 saturated heterocycles. The Morgan fingerprint density at radius 1 is 1.39 bits per heavy atom. The van der Waals surface area contributed by atoms with Gasteiger partial charge in [0.15, 0.2) is 0 Å². The van der Waals surface area contributed by atoms with E-state index in [0.717, 1.165) is 0 Å². The molecule has 1 atom stereocenters. The molecule has 0 radical (unpaired) electrons. The Morgan fingerprint density at radius 2 is 2.11 bits per heavy atom. The van der Waals surface area contributed by atoms with E-state index in [1.165, 1.54) is 6.07 Å². The monoisotopic (exact) mass is 376 g/mol. The standard InChI is InChI=1S/C12H11Br2FN2O/c1-2-17-11(9(14)6-16-17)12(18)7-3-4-8(13)10(15)5-7/h3-6,12,18H,2H2,1H3. The van der Waals surface area contributed by atoms with Gasteiger partial charge >= 0.3 is 0 Å². The lowest BCUT2D eigenvalue weighted by atomic mass is 10.1. The fraction of sp³-hybridized carbons (Fsp3) is 0.250. The van der Waals surface area contributed by atoms with E-state index in [9.17, 15) is 9.50 Å². The highest BCUT2D eigenvalue weighted by atomic mass is 79.9. The van der Waals surface area contributed by atoms with Gasteiger partial charge in [0.1, 0.15) is 11.9 Å². The number of aliphatic hydroxyl groups is 1. The fourth-order valence-corrected chi connectivity index (χ4v) is 2.50. The third-order valence-corrected chi connectivity index (χ3v) is 3.91. The Kier molecular flexibility index (Phi) is 4.19. The zero-order chi connectivity index (χ0) is 13.3. The molecule has 1 unspecified atom stereocenters. The number of nitrogens with zero attached hydrogens (tertiary/aromatic N) is 2. The van der Waals surface area contributed by atoms with Gasteiger partial charge in [0, 0.05) is 6.54 Å². The van der Waals surface area contributed by atoms with E-state index < -0.39 is 11.9 Å². The molecule has 0 saturated carbocycles. The van der Waals surface area contributed by atoms with Crippen molar-refractivity contribution < 1.29 is 9.50 Å². The molecular formula is C12H11Br2FN2O. The maximum atomic E-state index is 13.5. The van der Waals surface area contributed by atoms with Crippen molar-refractivity contribution in [1.82, 2.24) is 9.78 Å². The van der Waals surface area contributed by atoms with Crippen LogP contribution in [0.3, 0.4) is 0 Å². The first-order valence-corrected chi connectivity index (χ1v) is 6.97. The minimum Gasteiger partial charge on any atom is -0.382 e.